The van der Waals surface area contributed by atoms with Crippen LogP contribution in [-0.2, 0) is 9.53 Å². The largest absolute Gasteiger partial charge is 0.573 e. The number of amides is 3. The number of urea groups is 1. The van der Waals surface area contributed by atoms with Gasteiger partial charge in [0.1, 0.15) is 5.75 Å². The quantitative estimate of drug-likeness (QED) is 0.813. The lowest BCUT2D eigenvalue weighted by Gasteiger charge is -2.09. The number of benzene rings is 1. The zero-order valence-corrected chi connectivity index (χ0v) is 11.2. The standard InChI is InChI=1S/C12H11F3N2O5/c1-16-11(20)17-9(18)6-21-10(19)7-2-4-8(5-3-7)22-12(13,14)15/h2-5H,6H2,1H3,(H2,16,17,18,20). The molecule has 0 fully saturated rings. The molecule has 0 atom stereocenters. The van der Waals surface area contributed by atoms with Crippen LogP contribution in [0.25, 0.3) is 0 Å². The summed E-state index contributed by atoms with van der Waals surface area (Å²) >= 11 is 0. The third-order valence-electron chi connectivity index (χ3n) is 2.14. The minimum absolute atomic E-state index is 0.0812. The highest BCUT2D eigenvalue weighted by atomic mass is 19.4. The normalized spacial score (nSPS) is 10.5. The Morgan fingerprint density at radius 2 is 1.73 bits per heavy atom. The number of halogens is 3. The topological polar surface area (TPSA) is 93.7 Å². The van der Waals surface area contributed by atoms with Gasteiger partial charge in [0.05, 0.1) is 5.56 Å². The number of hydrogen-bond donors (Lipinski definition) is 2. The molecule has 1 aromatic carbocycles. The van der Waals surface area contributed by atoms with E-state index in [1.807, 2.05) is 5.32 Å². The number of alkyl halides is 3. The summed E-state index contributed by atoms with van der Waals surface area (Å²) in [5.74, 6) is -2.29. The third kappa shape index (κ3) is 6.11. The molecule has 1 rings (SSSR count). The number of hydrogen-bond acceptors (Lipinski definition) is 5. The van der Waals surface area contributed by atoms with Gasteiger partial charge in [-0.1, -0.05) is 0 Å². The van der Waals surface area contributed by atoms with Gasteiger partial charge in [0.2, 0.25) is 0 Å². The van der Waals surface area contributed by atoms with E-state index in [4.69, 9.17) is 0 Å². The van der Waals surface area contributed by atoms with Crippen molar-refractivity contribution in [3.63, 3.8) is 0 Å². The van der Waals surface area contributed by atoms with Crippen LogP contribution < -0.4 is 15.4 Å². The van der Waals surface area contributed by atoms with E-state index < -0.39 is 36.6 Å². The maximum Gasteiger partial charge on any atom is 0.573 e. The Morgan fingerprint density at radius 3 is 2.23 bits per heavy atom. The van der Waals surface area contributed by atoms with Gasteiger partial charge in [0.25, 0.3) is 5.91 Å². The SMILES string of the molecule is CNC(=O)NC(=O)COC(=O)c1ccc(OC(F)(F)F)cc1. The van der Waals surface area contributed by atoms with Crippen LogP contribution in [0.3, 0.4) is 0 Å². The predicted molar refractivity (Wildman–Crippen MR) is 66.0 cm³/mol. The molecular weight excluding hydrogens is 309 g/mol. The zero-order valence-electron chi connectivity index (χ0n) is 11.2. The summed E-state index contributed by atoms with van der Waals surface area (Å²) < 4.78 is 44.1. The fraction of sp³-hybridized carbons (Fsp3) is 0.250. The van der Waals surface area contributed by atoms with Crippen molar-refractivity contribution in [3.05, 3.63) is 29.8 Å². The van der Waals surface area contributed by atoms with Crippen LogP contribution in [0.15, 0.2) is 24.3 Å². The summed E-state index contributed by atoms with van der Waals surface area (Å²) in [5.41, 5.74) is -0.0812. The van der Waals surface area contributed by atoms with E-state index in [2.05, 4.69) is 14.8 Å². The molecule has 0 radical (unpaired) electrons. The van der Waals surface area contributed by atoms with E-state index in [-0.39, 0.29) is 5.56 Å². The van der Waals surface area contributed by atoms with Crippen LogP contribution >= 0.6 is 0 Å². The van der Waals surface area contributed by atoms with Crippen LogP contribution in [-0.4, -0.2) is 37.9 Å². The van der Waals surface area contributed by atoms with E-state index in [0.717, 1.165) is 24.3 Å². The number of esters is 1. The molecule has 0 saturated heterocycles. The van der Waals surface area contributed by atoms with Gasteiger partial charge in [0.15, 0.2) is 6.61 Å². The number of imide groups is 1. The molecule has 3 amide bonds. The molecule has 0 saturated carbocycles. The Kier molecular flexibility index (Phi) is 5.72. The monoisotopic (exact) mass is 320 g/mol. The molecule has 120 valence electrons. The van der Waals surface area contributed by atoms with Crippen molar-refractivity contribution in [2.24, 2.45) is 0 Å². The molecule has 0 heterocycles. The Hall–Kier alpha value is -2.78. The molecule has 0 spiro atoms. The first-order valence-corrected chi connectivity index (χ1v) is 5.76. The molecule has 0 aliphatic carbocycles. The van der Waals surface area contributed by atoms with E-state index in [9.17, 15) is 27.6 Å². The maximum atomic E-state index is 12.0. The van der Waals surface area contributed by atoms with Gasteiger partial charge in [-0.05, 0) is 24.3 Å². The van der Waals surface area contributed by atoms with E-state index in [1.54, 1.807) is 0 Å². The second kappa shape index (κ2) is 7.29. The molecule has 0 aliphatic heterocycles. The predicted octanol–water partition coefficient (Wildman–Crippen LogP) is 1.20. The van der Waals surface area contributed by atoms with Crippen molar-refractivity contribution in [1.29, 1.82) is 0 Å². The van der Waals surface area contributed by atoms with Gasteiger partial charge >= 0.3 is 18.4 Å². The molecule has 0 bridgehead atoms. The fourth-order valence-electron chi connectivity index (χ4n) is 1.23. The molecule has 0 unspecified atom stereocenters. The molecule has 0 aromatic heterocycles. The highest BCUT2D eigenvalue weighted by Gasteiger charge is 2.31. The summed E-state index contributed by atoms with van der Waals surface area (Å²) in [6, 6.07) is 3.17. The molecule has 1 aromatic rings. The number of rotatable bonds is 4. The van der Waals surface area contributed by atoms with Crippen LogP contribution in [0.4, 0.5) is 18.0 Å². The van der Waals surface area contributed by atoms with Crippen molar-refractivity contribution >= 4 is 17.9 Å². The minimum atomic E-state index is -4.83. The van der Waals surface area contributed by atoms with Crippen molar-refractivity contribution in [2.45, 2.75) is 6.36 Å². The lowest BCUT2D eigenvalue weighted by Crippen LogP contribution is -2.39. The Morgan fingerprint density at radius 1 is 1.14 bits per heavy atom. The number of carbonyl (C=O) groups is 3. The van der Waals surface area contributed by atoms with Gasteiger partial charge in [-0.25, -0.2) is 9.59 Å². The van der Waals surface area contributed by atoms with Crippen molar-refractivity contribution in [2.75, 3.05) is 13.7 Å². The summed E-state index contributed by atoms with van der Waals surface area (Å²) in [5, 5.41) is 3.98. The maximum absolute atomic E-state index is 12.0. The smallest absolute Gasteiger partial charge is 0.452 e. The van der Waals surface area contributed by atoms with Gasteiger partial charge < -0.3 is 14.8 Å². The van der Waals surface area contributed by atoms with Crippen LogP contribution in [0.2, 0.25) is 0 Å². The average Bonchev–Trinajstić information content (AvgIpc) is 2.43. The third-order valence-corrected chi connectivity index (χ3v) is 2.14. The molecular formula is C12H11F3N2O5. The number of nitrogens with one attached hydrogen (secondary N) is 2. The first-order valence-electron chi connectivity index (χ1n) is 5.76. The molecule has 0 aliphatic rings. The summed E-state index contributed by atoms with van der Waals surface area (Å²) in [7, 11) is 1.29. The minimum Gasteiger partial charge on any atom is -0.452 e. The van der Waals surface area contributed by atoms with E-state index in [1.165, 1.54) is 7.05 Å². The van der Waals surface area contributed by atoms with Gasteiger partial charge in [-0.3, -0.25) is 10.1 Å². The second-order valence-corrected chi connectivity index (χ2v) is 3.78. The average molecular weight is 320 g/mol. The van der Waals surface area contributed by atoms with E-state index >= 15 is 0 Å². The van der Waals surface area contributed by atoms with Gasteiger partial charge in [-0.15, -0.1) is 13.2 Å². The summed E-state index contributed by atoms with van der Waals surface area (Å²) in [6.45, 7) is -0.715. The lowest BCUT2D eigenvalue weighted by molar-refractivity contribution is -0.274. The Labute approximate surface area is 122 Å². The van der Waals surface area contributed by atoms with Crippen LogP contribution in [0, 0.1) is 0 Å². The van der Waals surface area contributed by atoms with Gasteiger partial charge in [0, 0.05) is 7.05 Å². The van der Waals surface area contributed by atoms with Crippen LogP contribution in [0.1, 0.15) is 10.4 Å². The highest BCUT2D eigenvalue weighted by Crippen LogP contribution is 2.22. The number of ether oxygens (including phenoxy) is 2. The molecule has 2 N–H and O–H groups in total. The molecule has 7 nitrogen and oxygen atoms in total. The summed E-state index contributed by atoms with van der Waals surface area (Å²) in [4.78, 5) is 33.5. The van der Waals surface area contributed by atoms with Gasteiger partial charge in [-0.2, -0.15) is 0 Å². The van der Waals surface area contributed by atoms with Crippen molar-refractivity contribution in [3.8, 4) is 5.75 Å². The fourth-order valence-corrected chi connectivity index (χ4v) is 1.23. The zero-order chi connectivity index (χ0) is 16.8. The second-order valence-electron chi connectivity index (χ2n) is 3.78. The van der Waals surface area contributed by atoms with E-state index in [0.29, 0.717) is 0 Å². The molecule has 10 heteroatoms. The Bertz CT molecular complexity index is 557. The first kappa shape index (κ1) is 17.3. The first-order chi connectivity index (χ1) is 10.2. The van der Waals surface area contributed by atoms with Crippen LogP contribution in [0.5, 0.6) is 5.75 Å². The summed E-state index contributed by atoms with van der Waals surface area (Å²) in [6.07, 6.45) is -4.83. The number of carbonyl (C=O) groups excluding carboxylic acids is 3. The Balaban J connectivity index is 2.52. The molecule has 22 heavy (non-hydrogen) atoms. The lowest BCUT2D eigenvalue weighted by atomic mass is 10.2. The van der Waals surface area contributed by atoms with Crippen molar-refractivity contribution < 1.29 is 37.0 Å². The highest BCUT2D eigenvalue weighted by molar-refractivity contribution is 5.96. The van der Waals surface area contributed by atoms with Crippen molar-refractivity contribution in [1.82, 2.24) is 10.6 Å².